The zero-order valence-corrected chi connectivity index (χ0v) is 13.8. The smallest absolute Gasteiger partial charge is 0.303 e. The van der Waals surface area contributed by atoms with Crippen molar-refractivity contribution in [3.63, 3.8) is 0 Å². The van der Waals surface area contributed by atoms with E-state index in [9.17, 15) is 22.6 Å². The van der Waals surface area contributed by atoms with E-state index in [0.717, 1.165) is 5.56 Å². The Balaban J connectivity index is 2.34. The molecule has 0 saturated carbocycles. The summed E-state index contributed by atoms with van der Waals surface area (Å²) in [6.07, 6.45) is 2.34. The molecule has 24 heavy (non-hydrogen) atoms. The summed E-state index contributed by atoms with van der Waals surface area (Å²) < 4.78 is 32.0. The Morgan fingerprint density at radius 1 is 1.04 bits per heavy atom. The maximum absolute atomic E-state index is 11.4. The molecule has 0 saturated heterocycles. The van der Waals surface area contributed by atoms with E-state index in [1.54, 1.807) is 6.07 Å². The summed E-state index contributed by atoms with van der Waals surface area (Å²) in [6.45, 7) is 0. The van der Waals surface area contributed by atoms with Crippen molar-refractivity contribution in [3.05, 3.63) is 29.3 Å². The molecule has 3 N–H and O–H groups in total. The van der Waals surface area contributed by atoms with E-state index in [1.807, 2.05) is 0 Å². The molecule has 0 spiro atoms. The first-order valence-corrected chi connectivity index (χ1v) is 9.17. The van der Waals surface area contributed by atoms with E-state index in [0.29, 0.717) is 31.2 Å². The Labute approximate surface area is 140 Å². The second kappa shape index (κ2) is 7.31. The number of carboxylic acid groups (broad SMARTS) is 2. The molecule has 0 amide bonds. The van der Waals surface area contributed by atoms with Crippen molar-refractivity contribution in [2.24, 2.45) is 0 Å². The Hall–Kier alpha value is -1.93. The van der Waals surface area contributed by atoms with Crippen LogP contribution in [0.1, 0.15) is 61.5 Å². The largest absolute Gasteiger partial charge is 0.481 e. The number of carboxylic acids is 2. The Morgan fingerprint density at radius 2 is 1.71 bits per heavy atom. The molecular weight excluding hydrogens is 336 g/mol. The quantitative estimate of drug-likeness (QED) is 0.640. The summed E-state index contributed by atoms with van der Waals surface area (Å²) >= 11 is 0. The molecule has 1 aliphatic rings. The second-order valence-corrected chi connectivity index (χ2v) is 7.54. The molecule has 1 aromatic rings. The number of rotatable bonds is 7. The van der Waals surface area contributed by atoms with Crippen molar-refractivity contribution < 1.29 is 32.8 Å². The van der Waals surface area contributed by atoms with E-state index in [4.69, 9.17) is 10.2 Å². The Bertz CT molecular complexity index is 739. The van der Waals surface area contributed by atoms with Crippen LogP contribution in [0, 0.1) is 0 Å². The summed E-state index contributed by atoms with van der Waals surface area (Å²) in [6, 6.07) is 4.24. The summed E-state index contributed by atoms with van der Waals surface area (Å²) in [5, 5.41) is 17.8. The minimum atomic E-state index is -4.34. The first-order chi connectivity index (χ1) is 11.2. The molecule has 7 nitrogen and oxygen atoms in total. The maximum atomic E-state index is 11.4. The van der Waals surface area contributed by atoms with Gasteiger partial charge in [-0.1, -0.05) is 6.07 Å². The lowest BCUT2D eigenvalue weighted by Crippen LogP contribution is -2.18. The van der Waals surface area contributed by atoms with Crippen LogP contribution in [-0.2, 0) is 19.7 Å². The van der Waals surface area contributed by atoms with Crippen LogP contribution in [0.4, 0.5) is 0 Å². The highest BCUT2D eigenvalue weighted by Crippen LogP contribution is 2.43. The number of carbonyl (C=O) groups is 2. The van der Waals surface area contributed by atoms with Gasteiger partial charge in [0.05, 0.1) is 11.3 Å². The van der Waals surface area contributed by atoms with Gasteiger partial charge in [0.1, 0.15) is 0 Å². The lowest BCUT2D eigenvalue weighted by molar-refractivity contribution is -0.138. The van der Waals surface area contributed by atoms with Gasteiger partial charge in [0.25, 0.3) is 10.1 Å². The molecular formula is C16H20O7S. The summed E-state index contributed by atoms with van der Waals surface area (Å²) in [5.41, 5.74) is 1.48. The number of aliphatic carboxylic acids is 2. The van der Waals surface area contributed by atoms with Crippen LogP contribution in [0.15, 0.2) is 23.1 Å². The van der Waals surface area contributed by atoms with Crippen LogP contribution in [0.2, 0.25) is 0 Å². The summed E-state index contributed by atoms with van der Waals surface area (Å²) in [7, 11) is -4.34. The van der Waals surface area contributed by atoms with Crippen molar-refractivity contribution >= 4 is 22.1 Å². The van der Waals surface area contributed by atoms with Crippen LogP contribution in [0.25, 0.3) is 0 Å². The van der Waals surface area contributed by atoms with Gasteiger partial charge in [-0.15, -0.1) is 0 Å². The van der Waals surface area contributed by atoms with Crippen LogP contribution >= 0.6 is 0 Å². The van der Waals surface area contributed by atoms with Gasteiger partial charge in [0.15, 0.2) is 0 Å². The molecule has 0 aromatic heterocycles. The van der Waals surface area contributed by atoms with Gasteiger partial charge in [-0.3, -0.25) is 14.1 Å². The van der Waals surface area contributed by atoms with Gasteiger partial charge in [-0.05, 0) is 60.8 Å². The molecule has 0 bridgehead atoms. The molecule has 0 radical (unpaired) electrons. The summed E-state index contributed by atoms with van der Waals surface area (Å²) in [4.78, 5) is 21.5. The van der Waals surface area contributed by atoms with Crippen LogP contribution < -0.4 is 0 Å². The van der Waals surface area contributed by atoms with E-state index in [2.05, 4.69) is 0 Å². The van der Waals surface area contributed by atoms with Crippen molar-refractivity contribution in [2.45, 2.75) is 55.3 Å². The number of hydrogen-bond acceptors (Lipinski definition) is 4. The first-order valence-electron chi connectivity index (χ1n) is 7.73. The third kappa shape index (κ3) is 4.55. The fourth-order valence-corrected chi connectivity index (χ4v) is 3.89. The maximum Gasteiger partial charge on any atom is 0.303 e. The number of fused-ring (bicyclic) bond motifs is 1. The van der Waals surface area contributed by atoms with E-state index in [-0.39, 0.29) is 29.6 Å². The molecule has 2 atom stereocenters. The average molecular weight is 356 g/mol. The number of benzene rings is 1. The highest BCUT2D eigenvalue weighted by molar-refractivity contribution is 7.85. The van der Waals surface area contributed by atoms with Gasteiger partial charge in [-0.2, -0.15) is 8.42 Å². The molecule has 0 fully saturated rings. The minimum absolute atomic E-state index is 0.0301. The SMILES string of the molecule is O=C(O)CCCC1CCC(CC(=O)O)c2ccc(S(=O)(=O)O)cc21. The second-order valence-electron chi connectivity index (χ2n) is 6.12. The predicted molar refractivity (Wildman–Crippen MR) is 84.7 cm³/mol. The topological polar surface area (TPSA) is 129 Å². The Kier molecular flexibility index (Phi) is 5.61. The molecule has 0 heterocycles. The normalized spacial score (nSPS) is 20.4. The zero-order chi connectivity index (χ0) is 17.9. The molecule has 8 heteroatoms. The van der Waals surface area contributed by atoms with Gasteiger partial charge >= 0.3 is 11.9 Å². The monoisotopic (exact) mass is 356 g/mol. The Morgan fingerprint density at radius 3 is 2.29 bits per heavy atom. The molecule has 2 unspecified atom stereocenters. The molecule has 1 aromatic carbocycles. The molecule has 1 aliphatic carbocycles. The molecule has 0 aliphatic heterocycles. The molecule has 132 valence electrons. The average Bonchev–Trinajstić information content (AvgIpc) is 2.47. The molecule has 2 rings (SSSR count). The van der Waals surface area contributed by atoms with E-state index in [1.165, 1.54) is 12.1 Å². The first kappa shape index (κ1) is 18.4. The van der Waals surface area contributed by atoms with Gasteiger partial charge in [0, 0.05) is 6.42 Å². The highest BCUT2D eigenvalue weighted by Gasteiger charge is 2.29. The van der Waals surface area contributed by atoms with Crippen molar-refractivity contribution in [2.75, 3.05) is 0 Å². The predicted octanol–water partition coefficient (Wildman–Crippen LogP) is 2.62. The van der Waals surface area contributed by atoms with Crippen LogP contribution in [0.5, 0.6) is 0 Å². The fraction of sp³-hybridized carbons (Fsp3) is 0.500. The summed E-state index contributed by atoms with van der Waals surface area (Å²) in [5.74, 6) is -2.05. The van der Waals surface area contributed by atoms with Gasteiger partial charge < -0.3 is 10.2 Å². The standard InChI is InChI=1S/C16H20O7S/c17-15(18)3-1-2-10-4-5-11(8-16(19)20)13-7-6-12(9-14(10)13)24(21,22)23/h6-7,9-11H,1-5,8H2,(H,17,18)(H,19,20)(H,21,22,23). The minimum Gasteiger partial charge on any atom is -0.481 e. The van der Waals surface area contributed by atoms with Crippen molar-refractivity contribution in [1.82, 2.24) is 0 Å². The lowest BCUT2D eigenvalue weighted by Gasteiger charge is -2.31. The fourth-order valence-electron chi connectivity index (χ4n) is 3.37. The van der Waals surface area contributed by atoms with E-state index < -0.39 is 22.1 Å². The van der Waals surface area contributed by atoms with Crippen molar-refractivity contribution in [3.8, 4) is 0 Å². The van der Waals surface area contributed by atoms with Crippen LogP contribution in [-0.4, -0.2) is 35.1 Å². The number of hydrogen-bond donors (Lipinski definition) is 3. The lowest BCUT2D eigenvalue weighted by atomic mass is 9.74. The van der Waals surface area contributed by atoms with E-state index >= 15 is 0 Å². The third-order valence-electron chi connectivity index (χ3n) is 4.46. The zero-order valence-electron chi connectivity index (χ0n) is 13.0. The van der Waals surface area contributed by atoms with Crippen LogP contribution in [0.3, 0.4) is 0 Å². The van der Waals surface area contributed by atoms with Crippen molar-refractivity contribution in [1.29, 1.82) is 0 Å². The third-order valence-corrected chi connectivity index (χ3v) is 5.31. The van der Waals surface area contributed by atoms with Gasteiger partial charge in [0.2, 0.25) is 0 Å². The van der Waals surface area contributed by atoms with Gasteiger partial charge in [-0.25, -0.2) is 0 Å². The highest BCUT2D eigenvalue weighted by atomic mass is 32.2.